The van der Waals surface area contributed by atoms with Gasteiger partial charge >= 0.3 is 10.5 Å². The van der Waals surface area contributed by atoms with Crippen molar-refractivity contribution < 1.29 is 16.5 Å². The maximum atomic E-state index is 13.7. The molecule has 0 aliphatic carbocycles. The number of H-pyrrole nitrogens is 1. The number of hydrogen-bond acceptors (Lipinski definition) is 5. The Morgan fingerprint density at radius 1 is 1.14 bits per heavy atom. The Kier molecular flexibility index (Phi) is 5.33. The molecule has 0 amide bonds. The van der Waals surface area contributed by atoms with Gasteiger partial charge in [0.1, 0.15) is 5.65 Å². The lowest BCUT2D eigenvalue weighted by Crippen LogP contribution is -2.11. The first kappa shape index (κ1) is 22.6. The average molecular weight is 490 g/mol. The van der Waals surface area contributed by atoms with Crippen molar-refractivity contribution in [3.63, 3.8) is 0 Å². The van der Waals surface area contributed by atoms with Gasteiger partial charge < -0.3 is 13.7 Å². The number of aromatic nitrogens is 3. The lowest BCUT2D eigenvalue weighted by atomic mass is 9.96. The van der Waals surface area contributed by atoms with E-state index in [2.05, 4.69) is 20.1 Å². The first-order valence-electron chi connectivity index (χ1n) is 10.9. The van der Waals surface area contributed by atoms with Gasteiger partial charge in [-0.15, -0.1) is 6.42 Å². The molecule has 7 nitrogen and oxygen atoms in total. The highest BCUT2D eigenvalue weighted by atomic mass is 32.3. The minimum atomic E-state index is -5.19. The highest BCUT2D eigenvalue weighted by molar-refractivity contribution is 7.81. The SMILES string of the molecule is C#Cc1ccc2c(c1)[nH]c1c2c(=O)c2cc(CC)c(-c3cncc(OS(=O)(=O)F)c3)cc2n1CC. The van der Waals surface area contributed by atoms with E-state index in [1.54, 1.807) is 0 Å². The largest absolute Gasteiger partial charge is 0.488 e. The molecular formula is C26H20FN3O4S. The van der Waals surface area contributed by atoms with Crippen LogP contribution in [0.3, 0.4) is 0 Å². The highest BCUT2D eigenvalue weighted by Gasteiger charge is 2.19. The van der Waals surface area contributed by atoms with Crippen LogP contribution in [-0.4, -0.2) is 23.0 Å². The minimum Gasteiger partial charge on any atom is -0.357 e. The van der Waals surface area contributed by atoms with Gasteiger partial charge in [0, 0.05) is 40.2 Å². The fourth-order valence-electron chi connectivity index (χ4n) is 4.62. The quantitative estimate of drug-likeness (QED) is 0.281. The van der Waals surface area contributed by atoms with Gasteiger partial charge in [0.15, 0.2) is 11.2 Å². The maximum Gasteiger partial charge on any atom is 0.488 e. The van der Waals surface area contributed by atoms with Crippen molar-refractivity contribution in [2.24, 2.45) is 0 Å². The van der Waals surface area contributed by atoms with Crippen LogP contribution in [0.4, 0.5) is 3.89 Å². The molecule has 0 unspecified atom stereocenters. The number of nitrogens with one attached hydrogen (secondary N) is 1. The van der Waals surface area contributed by atoms with Crippen LogP contribution < -0.4 is 9.61 Å². The lowest BCUT2D eigenvalue weighted by molar-refractivity contribution is 0.439. The summed E-state index contributed by atoms with van der Waals surface area (Å²) in [6.45, 7) is 4.51. The second-order valence-electron chi connectivity index (χ2n) is 8.09. The van der Waals surface area contributed by atoms with E-state index in [4.69, 9.17) is 6.42 Å². The first-order valence-corrected chi connectivity index (χ1v) is 12.3. The second kappa shape index (κ2) is 8.25. The van der Waals surface area contributed by atoms with Crippen LogP contribution in [0.25, 0.3) is 44.0 Å². The molecular weight excluding hydrogens is 469 g/mol. The molecule has 5 rings (SSSR count). The van der Waals surface area contributed by atoms with Crippen molar-refractivity contribution in [3.05, 3.63) is 70.1 Å². The van der Waals surface area contributed by atoms with Crippen molar-refractivity contribution in [1.29, 1.82) is 0 Å². The summed E-state index contributed by atoms with van der Waals surface area (Å²) in [5.41, 5.74) is 4.91. The topological polar surface area (TPSA) is 94.1 Å². The Morgan fingerprint density at radius 2 is 1.94 bits per heavy atom. The molecule has 0 spiro atoms. The number of aromatic amines is 1. The first-order chi connectivity index (χ1) is 16.7. The summed E-state index contributed by atoms with van der Waals surface area (Å²) in [7, 11) is -5.19. The van der Waals surface area contributed by atoms with E-state index < -0.39 is 10.5 Å². The summed E-state index contributed by atoms with van der Waals surface area (Å²) in [6.07, 6.45) is 8.81. The molecule has 0 atom stereocenters. The van der Waals surface area contributed by atoms with Gasteiger partial charge in [-0.2, -0.15) is 8.42 Å². The molecule has 0 bridgehead atoms. The summed E-state index contributed by atoms with van der Waals surface area (Å²) < 4.78 is 41.3. The summed E-state index contributed by atoms with van der Waals surface area (Å²) in [5.74, 6) is 2.38. The lowest BCUT2D eigenvalue weighted by Gasteiger charge is -2.15. The summed E-state index contributed by atoms with van der Waals surface area (Å²) in [6, 6.07) is 10.7. The molecule has 0 aliphatic rings. The molecule has 0 saturated heterocycles. The summed E-state index contributed by atoms with van der Waals surface area (Å²) >= 11 is 0. The van der Waals surface area contributed by atoms with E-state index in [-0.39, 0.29) is 11.2 Å². The third kappa shape index (κ3) is 3.82. The number of fused-ring (bicyclic) bond motifs is 4. The number of terminal acetylenes is 1. The van der Waals surface area contributed by atoms with Gasteiger partial charge in [0.05, 0.1) is 17.1 Å². The molecule has 3 heterocycles. The average Bonchev–Trinajstić information content (AvgIpc) is 3.21. The number of hydrogen-bond donors (Lipinski definition) is 1. The van der Waals surface area contributed by atoms with Gasteiger partial charge in [0.25, 0.3) is 0 Å². The number of nitrogens with zero attached hydrogens (tertiary/aromatic N) is 2. The van der Waals surface area contributed by atoms with E-state index in [9.17, 15) is 17.1 Å². The van der Waals surface area contributed by atoms with Crippen LogP contribution in [0.5, 0.6) is 5.75 Å². The van der Waals surface area contributed by atoms with Crippen molar-refractivity contribution in [2.45, 2.75) is 26.8 Å². The monoisotopic (exact) mass is 489 g/mol. The molecule has 2 aromatic carbocycles. The third-order valence-corrected chi connectivity index (χ3v) is 6.51. The van der Waals surface area contributed by atoms with E-state index in [0.717, 1.165) is 28.2 Å². The van der Waals surface area contributed by atoms with Crippen molar-refractivity contribution >= 4 is 43.3 Å². The zero-order chi connectivity index (χ0) is 24.9. The zero-order valence-electron chi connectivity index (χ0n) is 18.9. The zero-order valence-corrected chi connectivity index (χ0v) is 19.7. The summed E-state index contributed by atoms with van der Waals surface area (Å²) in [4.78, 5) is 21.1. The van der Waals surface area contributed by atoms with E-state index in [0.29, 0.717) is 46.0 Å². The molecule has 3 aromatic heterocycles. The van der Waals surface area contributed by atoms with Crippen molar-refractivity contribution in [2.75, 3.05) is 0 Å². The van der Waals surface area contributed by atoms with Crippen LogP contribution in [-0.2, 0) is 23.5 Å². The Hall–Kier alpha value is -4.16. The third-order valence-electron chi connectivity index (χ3n) is 6.12. The molecule has 35 heavy (non-hydrogen) atoms. The summed E-state index contributed by atoms with van der Waals surface area (Å²) in [5, 5.41) is 1.96. The van der Waals surface area contributed by atoms with Gasteiger partial charge in [-0.1, -0.05) is 22.8 Å². The standard InChI is InChI=1S/C26H20FN3O4S/c1-4-15-7-8-19-22(9-15)29-26-24(19)25(31)21-11-16(5-2)20(12-23(21)30(26)6-3)17-10-18(14-28-13-17)34-35(27,32)33/h1,7-14,29H,5-6H2,2-3H3. The van der Waals surface area contributed by atoms with E-state index >= 15 is 0 Å². The molecule has 0 radical (unpaired) electrons. The molecule has 1 N–H and O–H groups in total. The van der Waals surface area contributed by atoms with Crippen LogP contribution in [0, 0.1) is 12.3 Å². The molecule has 0 aliphatic heterocycles. The van der Waals surface area contributed by atoms with E-state index in [1.807, 2.05) is 48.7 Å². The number of benzene rings is 2. The Morgan fingerprint density at radius 3 is 2.63 bits per heavy atom. The Bertz CT molecular complexity index is 1860. The number of halogens is 1. The predicted molar refractivity (Wildman–Crippen MR) is 134 cm³/mol. The Labute approximate surface area is 200 Å². The van der Waals surface area contributed by atoms with Crippen LogP contribution >= 0.6 is 0 Å². The normalized spacial score (nSPS) is 11.8. The van der Waals surface area contributed by atoms with Crippen molar-refractivity contribution in [3.8, 4) is 29.2 Å². The number of aryl methyl sites for hydroxylation is 2. The fourth-order valence-corrected chi connectivity index (χ4v) is 4.94. The van der Waals surface area contributed by atoms with E-state index in [1.165, 1.54) is 12.3 Å². The highest BCUT2D eigenvalue weighted by Crippen LogP contribution is 2.33. The second-order valence-corrected chi connectivity index (χ2v) is 9.05. The molecule has 5 aromatic rings. The minimum absolute atomic E-state index is 0.0978. The van der Waals surface area contributed by atoms with Crippen LogP contribution in [0.2, 0.25) is 0 Å². The maximum absolute atomic E-state index is 13.7. The van der Waals surface area contributed by atoms with Crippen LogP contribution in [0.15, 0.2) is 53.6 Å². The van der Waals surface area contributed by atoms with Gasteiger partial charge in [-0.05, 0) is 54.8 Å². The molecule has 9 heteroatoms. The molecule has 176 valence electrons. The van der Waals surface area contributed by atoms with Gasteiger partial charge in [-0.25, -0.2) is 0 Å². The van der Waals surface area contributed by atoms with Crippen molar-refractivity contribution in [1.82, 2.24) is 14.5 Å². The molecule has 0 saturated carbocycles. The number of pyridine rings is 2. The smallest absolute Gasteiger partial charge is 0.357 e. The van der Waals surface area contributed by atoms with Gasteiger partial charge in [-0.3, -0.25) is 9.78 Å². The fraction of sp³-hybridized carbons (Fsp3) is 0.154. The predicted octanol–water partition coefficient (Wildman–Crippen LogP) is 4.85. The Balaban J connectivity index is 1.84. The number of rotatable bonds is 5. The van der Waals surface area contributed by atoms with Crippen LogP contribution in [0.1, 0.15) is 25.0 Å². The van der Waals surface area contributed by atoms with Gasteiger partial charge in [0.2, 0.25) is 0 Å². The molecule has 0 fully saturated rings.